The summed E-state index contributed by atoms with van der Waals surface area (Å²) in [6.07, 6.45) is 0. The number of aromatic nitrogens is 1. The van der Waals surface area contributed by atoms with E-state index in [1.54, 1.807) is 0 Å². The molecule has 3 aromatic heterocycles. The maximum Gasteiger partial charge on any atom is 0.137 e. The van der Waals surface area contributed by atoms with Crippen LogP contribution in [0.15, 0.2) is 160 Å². The Morgan fingerprint density at radius 1 is 0.311 bits per heavy atom. The Balaban J connectivity index is 1.28. The molecule has 0 spiro atoms. The second kappa shape index (κ2) is 9.22. The molecule has 0 aliphatic heterocycles. The lowest BCUT2D eigenvalue weighted by Crippen LogP contribution is -1.96. The minimum atomic E-state index is 0.893. The largest absolute Gasteiger partial charge is 0.456 e. The molecule has 3 heteroatoms. The SMILES string of the molecule is c1ccc(-c2cc(-c3ccc4oc5ccccc5c4c3)cc(-n3c4ccccc4c4cc5c(cc43)oc3ccccc35)c2)cc1. The van der Waals surface area contributed by atoms with E-state index in [0.717, 1.165) is 77.3 Å². The monoisotopic (exact) mass is 575 g/mol. The van der Waals surface area contributed by atoms with Gasteiger partial charge in [0.2, 0.25) is 0 Å². The molecule has 0 saturated heterocycles. The second-order valence-electron chi connectivity index (χ2n) is 11.8. The first-order valence-electron chi connectivity index (χ1n) is 15.3. The third-order valence-electron chi connectivity index (χ3n) is 9.16. The molecule has 0 aliphatic carbocycles. The summed E-state index contributed by atoms with van der Waals surface area (Å²) in [6, 6.07) is 53.8. The van der Waals surface area contributed by atoms with Gasteiger partial charge in [-0.25, -0.2) is 0 Å². The van der Waals surface area contributed by atoms with Gasteiger partial charge in [0.05, 0.1) is 11.0 Å². The molecule has 7 aromatic carbocycles. The number of benzene rings is 7. The maximum absolute atomic E-state index is 6.38. The third kappa shape index (κ3) is 3.65. The first-order chi connectivity index (χ1) is 22.3. The highest BCUT2D eigenvalue weighted by Crippen LogP contribution is 2.40. The van der Waals surface area contributed by atoms with E-state index in [0.29, 0.717) is 0 Å². The fraction of sp³-hybridized carbons (Fsp3) is 0. The molecular formula is C42H25NO2. The van der Waals surface area contributed by atoms with Crippen molar-refractivity contribution in [2.45, 2.75) is 0 Å². The molecule has 0 N–H and O–H groups in total. The Morgan fingerprint density at radius 2 is 0.911 bits per heavy atom. The number of nitrogens with zero attached hydrogens (tertiary/aromatic N) is 1. The van der Waals surface area contributed by atoms with Crippen molar-refractivity contribution in [3.8, 4) is 27.9 Å². The van der Waals surface area contributed by atoms with Gasteiger partial charge in [0.15, 0.2) is 0 Å². The average molecular weight is 576 g/mol. The van der Waals surface area contributed by atoms with Crippen LogP contribution in [0.2, 0.25) is 0 Å². The van der Waals surface area contributed by atoms with Gasteiger partial charge in [0.25, 0.3) is 0 Å². The molecule has 0 saturated carbocycles. The molecular weight excluding hydrogens is 550 g/mol. The molecule has 0 amide bonds. The average Bonchev–Trinajstić information content (AvgIpc) is 3.76. The van der Waals surface area contributed by atoms with E-state index in [2.05, 4.69) is 132 Å². The van der Waals surface area contributed by atoms with Crippen LogP contribution >= 0.6 is 0 Å². The second-order valence-corrected chi connectivity index (χ2v) is 11.8. The normalized spacial score (nSPS) is 12.0. The van der Waals surface area contributed by atoms with Gasteiger partial charge in [-0.05, 0) is 76.9 Å². The number of para-hydroxylation sites is 3. The summed E-state index contributed by atoms with van der Waals surface area (Å²) in [7, 11) is 0. The van der Waals surface area contributed by atoms with E-state index >= 15 is 0 Å². The summed E-state index contributed by atoms with van der Waals surface area (Å²) in [5.74, 6) is 0. The van der Waals surface area contributed by atoms with Crippen molar-refractivity contribution >= 4 is 65.7 Å². The zero-order valence-corrected chi connectivity index (χ0v) is 24.2. The Kier molecular flexibility index (Phi) is 5.00. The van der Waals surface area contributed by atoms with Crippen molar-refractivity contribution in [2.75, 3.05) is 0 Å². The number of hydrogen-bond donors (Lipinski definition) is 0. The number of rotatable bonds is 3. The maximum atomic E-state index is 6.38. The van der Waals surface area contributed by atoms with Crippen LogP contribution in [-0.2, 0) is 0 Å². The highest BCUT2D eigenvalue weighted by molar-refractivity contribution is 6.17. The van der Waals surface area contributed by atoms with Gasteiger partial charge in [-0.3, -0.25) is 0 Å². The van der Waals surface area contributed by atoms with Gasteiger partial charge in [-0.15, -0.1) is 0 Å². The van der Waals surface area contributed by atoms with Crippen molar-refractivity contribution in [1.29, 1.82) is 0 Å². The zero-order valence-electron chi connectivity index (χ0n) is 24.2. The molecule has 3 heterocycles. The van der Waals surface area contributed by atoms with E-state index in [1.807, 2.05) is 24.3 Å². The van der Waals surface area contributed by atoms with E-state index < -0.39 is 0 Å². The molecule has 0 radical (unpaired) electrons. The highest BCUT2D eigenvalue weighted by Gasteiger charge is 2.18. The predicted octanol–water partition coefficient (Wildman–Crippen LogP) is 11.9. The van der Waals surface area contributed by atoms with Crippen molar-refractivity contribution in [1.82, 2.24) is 4.57 Å². The molecule has 45 heavy (non-hydrogen) atoms. The summed E-state index contributed by atoms with van der Waals surface area (Å²) >= 11 is 0. The summed E-state index contributed by atoms with van der Waals surface area (Å²) in [4.78, 5) is 0. The van der Waals surface area contributed by atoms with Gasteiger partial charge >= 0.3 is 0 Å². The van der Waals surface area contributed by atoms with Gasteiger partial charge in [-0.2, -0.15) is 0 Å². The standard InChI is InChI=1S/C42H25NO2/c1-2-10-26(11-3-1)28-20-29(27-18-19-41-35(23-27)32-13-5-8-16-39(32)44-41)22-30(21-28)43-37-15-7-4-12-31(37)34-24-36-33-14-6-9-17-40(33)45-42(36)25-38(34)43/h1-25H. The van der Waals surface area contributed by atoms with Gasteiger partial charge in [0.1, 0.15) is 22.3 Å². The van der Waals surface area contributed by atoms with Crippen LogP contribution in [0.3, 0.4) is 0 Å². The van der Waals surface area contributed by atoms with Gasteiger partial charge in [0, 0.05) is 44.1 Å². The summed E-state index contributed by atoms with van der Waals surface area (Å²) < 4.78 is 14.9. The fourth-order valence-corrected chi connectivity index (χ4v) is 7.08. The van der Waals surface area contributed by atoms with Gasteiger partial charge < -0.3 is 13.4 Å². The van der Waals surface area contributed by atoms with Gasteiger partial charge in [-0.1, -0.05) is 91.0 Å². The number of hydrogen-bond acceptors (Lipinski definition) is 2. The smallest absolute Gasteiger partial charge is 0.137 e. The molecule has 0 aliphatic rings. The Hall–Kier alpha value is -6.06. The minimum absolute atomic E-state index is 0.893. The Bertz CT molecular complexity index is 2760. The molecule has 3 nitrogen and oxygen atoms in total. The number of furan rings is 2. The molecule has 10 aromatic rings. The Labute approximate surface area is 258 Å². The molecule has 0 bridgehead atoms. The predicted molar refractivity (Wildman–Crippen MR) is 186 cm³/mol. The van der Waals surface area contributed by atoms with Crippen LogP contribution in [-0.4, -0.2) is 4.57 Å². The van der Waals surface area contributed by atoms with Crippen LogP contribution in [0.1, 0.15) is 0 Å². The first-order valence-corrected chi connectivity index (χ1v) is 15.3. The van der Waals surface area contributed by atoms with Crippen molar-refractivity contribution in [2.24, 2.45) is 0 Å². The quantitative estimate of drug-likeness (QED) is 0.210. The highest BCUT2D eigenvalue weighted by atomic mass is 16.3. The lowest BCUT2D eigenvalue weighted by molar-refractivity contribution is 0.668. The van der Waals surface area contributed by atoms with Crippen molar-refractivity contribution < 1.29 is 8.83 Å². The summed E-state index contributed by atoms with van der Waals surface area (Å²) in [5, 5.41) is 6.97. The fourth-order valence-electron chi connectivity index (χ4n) is 7.08. The minimum Gasteiger partial charge on any atom is -0.456 e. The van der Waals surface area contributed by atoms with Crippen LogP contribution in [0.5, 0.6) is 0 Å². The van der Waals surface area contributed by atoms with E-state index in [4.69, 9.17) is 8.83 Å². The molecule has 10 rings (SSSR count). The first kappa shape index (κ1) is 24.4. The van der Waals surface area contributed by atoms with E-state index in [9.17, 15) is 0 Å². The molecule has 0 atom stereocenters. The summed E-state index contributed by atoms with van der Waals surface area (Å²) in [6.45, 7) is 0. The Morgan fingerprint density at radius 3 is 1.69 bits per heavy atom. The zero-order chi connectivity index (χ0) is 29.5. The molecule has 0 unspecified atom stereocenters. The van der Waals surface area contributed by atoms with Crippen molar-refractivity contribution in [3.63, 3.8) is 0 Å². The van der Waals surface area contributed by atoms with Crippen molar-refractivity contribution in [3.05, 3.63) is 152 Å². The number of fused-ring (bicyclic) bond motifs is 9. The molecule has 0 fully saturated rings. The van der Waals surface area contributed by atoms with E-state index in [1.165, 1.54) is 16.3 Å². The summed E-state index contributed by atoms with van der Waals surface area (Å²) in [5.41, 5.74) is 11.6. The lowest BCUT2D eigenvalue weighted by atomic mass is 9.97. The topological polar surface area (TPSA) is 31.2 Å². The lowest BCUT2D eigenvalue weighted by Gasteiger charge is -2.14. The van der Waals surface area contributed by atoms with Crippen LogP contribution in [0.25, 0.3) is 93.6 Å². The third-order valence-corrected chi connectivity index (χ3v) is 9.16. The van der Waals surface area contributed by atoms with Crippen LogP contribution in [0.4, 0.5) is 0 Å². The van der Waals surface area contributed by atoms with Crippen LogP contribution < -0.4 is 0 Å². The van der Waals surface area contributed by atoms with Crippen LogP contribution in [0, 0.1) is 0 Å². The van der Waals surface area contributed by atoms with E-state index in [-0.39, 0.29) is 0 Å². The molecule has 210 valence electrons.